The second-order valence-electron chi connectivity index (χ2n) is 8.91. The molecule has 2 heterocycles. The van der Waals surface area contributed by atoms with Gasteiger partial charge in [0.2, 0.25) is 5.78 Å². The number of ether oxygens (including phenoxy) is 1. The van der Waals surface area contributed by atoms with Crippen molar-refractivity contribution in [2.75, 3.05) is 19.5 Å². The van der Waals surface area contributed by atoms with Gasteiger partial charge in [0, 0.05) is 30.9 Å². The maximum Gasteiger partial charge on any atom is 0.335 e. The molecule has 1 aliphatic carbocycles. The largest absolute Gasteiger partial charge is 0.390 e. The van der Waals surface area contributed by atoms with E-state index < -0.39 is 28.3 Å². The van der Waals surface area contributed by atoms with E-state index in [1.807, 2.05) is 31.2 Å². The summed E-state index contributed by atoms with van der Waals surface area (Å²) in [5.41, 5.74) is 2.11. The number of aliphatic hydroxyl groups excluding tert-OH is 1. The molecule has 4 atom stereocenters. The highest BCUT2D eigenvalue weighted by Crippen LogP contribution is 2.28. The number of carbonyl (C=O) groups is 1. The summed E-state index contributed by atoms with van der Waals surface area (Å²) in [5.74, 6) is -0.142. The van der Waals surface area contributed by atoms with Gasteiger partial charge in [-0.15, -0.1) is 0 Å². The summed E-state index contributed by atoms with van der Waals surface area (Å²) in [4.78, 5) is 21.8. The Morgan fingerprint density at radius 3 is 2.82 bits per heavy atom. The minimum absolute atomic E-state index is 0.191. The van der Waals surface area contributed by atoms with E-state index in [1.165, 1.54) is 19.6 Å². The molecule has 1 aliphatic rings. The number of hydrogen-bond donors (Lipinski definition) is 3. The first kappa shape index (κ1) is 28.3. The van der Waals surface area contributed by atoms with Crippen LogP contribution in [0.15, 0.2) is 47.3 Å². The number of nitrogens with one attached hydrogen (secondary N) is 2. The number of rotatable bonds is 11. The van der Waals surface area contributed by atoms with Crippen LogP contribution in [-0.2, 0) is 25.8 Å². The van der Waals surface area contributed by atoms with Crippen LogP contribution >= 0.6 is 15.9 Å². The fraction of sp³-hybridized carbons (Fsp3) is 0.417. The third-order valence-corrected chi connectivity index (χ3v) is 7.80. The zero-order valence-electron chi connectivity index (χ0n) is 21.0. The van der Waals surface area contributed by atoms with Crippen molar-refractivity contribution in [3.05, 3.63) is 69.8 Å². The predicted molar refractivity (Wildman–Crippen MR) is 142 cm³/mol. The number of aliphatic hydroxyl groups is 1. The highest BCUT2D eigenvalue weighted by molar-refractivity contribution is 9.10. The highest BCUT2D eigenvalue weighted by atomic mass is 79.9. The number of ketones is 1. The third-order valence-electron chi connectivity index (χ3n) is 6.31. The smallest absolute Gasteiger partial charge is 0.335 e. The van der Waals surface area contributed by atoms with Crippen molar-refractivity contribution < 1.29 is 27.2 Å². The monoisotopic (exact) mass is 608 g/mol. The molecule has 0 bridgehead atoms. The van der Waals surface area contributed by atoms with Crippen LogP contribution in [0, 0.1) is 0 Å². The number of aromatic nitrogens is 4. The first-order valence-electron chi connectivity index (χ1n) is 11.9. The molecule has 0 unspecified atom stereocenters. The van der Waals surface area contributed by atoms with E-state index in [0.29, 0.717) is 6.54 Å². The Kier molecular flexibility index (Phi) is 8.90. The minimum Gasteiger partial charge on any atom is -0.390 e. The van der Waals surface area contributed by atoms with Gasteiger partial charge >= 0.3 is 10.3 Å². The first-order chi connectivity index (χ1) is 18.1. The Hall–Kier alpha value is -2.75. The standard InChI is InChI=1S/C24H29BrN6O6S/c1-14(36-3)20-10-19(30-31(20)12-15-5-4-6-16(25)7-15)23(33)18-11-27-13-28-24(18)29-17-8-21(32)22(9-17)37-38(34,35)26-2/h4-7,10-11,13-14,17,21-22,26,32H,8-9,12H2,1-3H3,(H,27,28,29)/t14-,17-,21+,22-/m1/s1. The Balaban J connectivity index is 1.57. The molecule has 14 heteroatoms. The lowest BCUT2D eigenvalue weighted by Crippen LogP contribution is -2.31. The number of anilines is 1. The quantitative estimate of drug-likeness (QED) is 0.275. The number of nitrogens with zero attached hydrogens (tertiary/aromatic N) is 4. The second-order valence-corrected chi connectivity index (χ2v) is 11.3. The molecular formula is C24H29BrN6O6S. The Morgan fingerprint density at radius 2 is 2.11 bits per heavy atom. The Bertz CT molecular complexity index is 1400. The van der Waals surface area contributed by atoms with Crippen LogP contribution in [0.25, 0.3) is 0 Å². The van der Waals surface area contributed by atoms with Crippen LogP contribution in [0.2, 0.25) is 0 Å². The SMILES string of the molecule is CNS(=O)(=O)O[C@@H]1C[C@H](Nc2ncncc2C(=O)c2cc([C@@H](C)OC)n(Cc3cccc(Br)c3)n2)C[C@@H]1O. The molecule has 3 N–H and O–H groups in total. The molecule has 1 fully saturated rings. The van der Waals surface area contributed by atoms with Crippen molar-refractivity contribution in [3.8, 4) is 0 Å². The summed E-state index contributed by atoms with van der Waals surface area (Å²) in [6.07, 6.45) is 0.839. The van der Waals surface area contributed by atoms with E-state index in [2.05, 4.69) is 41.0 Å². The van der Waals surface area contributed by atoms with Gasteiger partial charge in [-0.1, -0.05) is 28.1 Å². The van der Waals surface area contributed by atoms with Gasteiger partial charge in [0.1, 0.15) is 23.9 Å². The van der Waals surface area contributed by atoms with Gasteiger partial charge in [0.15, 0.2) is 0 Å². The lowest BCUT2D eigenvalue weighted by Gasteiger charge is -2.15. The van der Waals surface area contributed by atoms with Crippen molar-refractivity contribution in [2.24, 2.45) is 0 Å². The molecule has 0 saturated heterocycles. The molecule has 4 rings (SSSR count). The summed E-state index contributed by atoms with van der Waals surface area (Å²) in [7, 11) is -1.15. The van der Waals surface area contributed by atoms with Crippen LogP contribution in [0.4, 0.5) is 5.82 Å². The zero-order chi connectivity index (χ0) is 27.4. The van der Waals surface area contributed by atoms with Gasteiger partial charge in [-0.05, 0) is 43.5 Å². The van der Waals surface area contributed by atoms with Crippen LogP contribution in [0.1, 0.15) is 53.2 Å². The number of benzene rings is 1. The lowest BCUT2D eigenvalue weighted by molar-refractivity contribution is 0.0636. The van der Waals surface area contributed by atoms with Gasteiger partial charge in [-0.2, -0.15) is 18.2 Å². The molecule has 0 spiro atoms. The summed E-state index contributed by atoms with van der Waals surface area (Å²) in [6, 6.07) is 9.11. The maximum atomic E-state index is 13.6. The molecule has 3 aromatic rings. The normalized spacial score (nSPS) is 20.4. The molecular weight excluding hydrogens is 580 g/mol. The zero-order valence-corrected chi connectivity index (χ0v) is 23.4. The molecule has 38 heavy (non-hydrogen) atoms. The summed E-state index contributed by atoms with van der Waals surface area (Å²) in [5, 5.41) is 18.0. The van der Waals surface area contributed by atoms with E-state index in [9.17, 15) is 18.3 Å². The van der Waals surface area contributed by atoms with E-state index in [-0.39, 0.29) is 42.1 Å². The molecule has 1 aromatic carbocycles. The van der Waals surface area contributed by atoms with Crippen LogP contribution < -0.4 is 10.0 Å². The molecule has 2 aromatic heterocycles. The third kappa shape index (κ3) is 6.62. The number of halogens is 1. The predicted octanol–water partition coefficient (Wildman–Crippen LogP) is 2.21. The van der Waals surface area contributed by atoms with Crippen LogP contribution in [0.3, 0.4) is 0 Å². The topological polar surface area (TPSA) is 158 Å². The van der Waals surface area contributed by atoms with Crippen molar-refractivity contribution in [1.82, 2.24) is 24.5 Å². The molecule has 12 nitrogen and oxygen atoms in total. The molecule has 1 saturated carbocycles. The average Bonchev–Trinajstić information content (AvgIpc) is 3.46. The summed E-state index contributed by atoms with van der Waals surface area (Å²) in [6.45, 7) is 2.31. The minimum atomic E-state index is -3.97. The molecule has 204 valence electrons. The number of carbonyl (C=O) groups excluding carboxylic acids is 1. The lowest BCUT2D eigenvalue weighted by atomic mass is 10.1. The maximum absolute atomic E-state index is 13.6. The van der Waals surface area contributed by atoms with Gasteiger partial charge in [-0.25, -0.2) is 9.97 Å². The number of methoxy groups -OCH3 is 1. The Morgan fingerprint density at radius 1 is 1.32 bits per heavy atom. The van der Waals surface area contributed by atoms with Crippen LogP contribution in [0.5, 0.6) is 0 Å². The number of hydrogen-bond acceptors (Lipinski definition) is 10. The Labute approximate surface area is 229 Å². The highest BCUT2D eigenvalue weighted by Gasteiger charge is 2.37. The van der Waals surface area contributed by atoms with Gasteiger partial charge in [0.05, 0.1) is 30.0 Å². The van der Waals surface area contributed by atoms with E-state index in [4.69, 9.17) is 8.92 Å². The van der Waals surface area contributed by atoms with Crippen molar-refractivity contribution in [2.45, 2.75) is 50.7 Å². The molecule has 0 amide bonds. The van der Waals surface area contributed by atoms with Gasteiger partial charge in [0.25, 0.3) is 0 Å². The molecule has 0 aliphatic heterocycles. The fourth-order valence-electron chi connectivity index (χ4n) is 4.28. The van der Waals surface area contributed by atoms with Gasteiger partial charge in [-0.3, -0.25) is 13.7 Å². The summed E-state index contributed by atoms with van der Waals surface area (Å²) < 4.78 is 38.8. The van der Waals surface area contributed by atoms with Crippen molar-refractivity contribution in [3.63, 3.8) is 0 Å². The first-order valence-corrected chi connectivity index (χ1v) is 14.1. The average molecular weight is 610 g/mol. The van der Waals surface area contributed by atoms with E-state index in [1.54, 1.807) is 17.9 Å². The van der Waals surface area contributed by atoms with Gasteiger partial charge < -0.3 is 15.2 Å². The molecule has 0 radical (unpaired) electrons. The van der Waals surface area contributed by atoms with Crippen molar-refractivity contribution in [1.29, 1.82) is 0 Å². The van der Waals surface area contributed by atoms with Crippen LogP contribution in [-0.4, -0.2) is 71.5 Å². The van der Waals surface area contributed by atoms with E-state index >= 15 is 0 Å². The summed E-state index contributed by atoms with van der Waals surface area (Å²) >= 11 is 3.48. The van der Waals surface area contributed by atoms with Crippen molar-refractivity contribution >= 4 is 37.8 Å². The second kappa shape index (κ2) is 12.0. The van der Waals surface area contributed by atoms with E-state index in [0.717, 1.165) is 15.7 Å². The fourth-order valence-corrected chi connectivity index (χ4v) is 5.35.